The lowest BCUT2D eigenvalue weighted by Gasteiger charge is -2.37. The second-order valence-corrected chi connectivity index (χ2v) is 9.79. The van der Waals surface area contributed by atoms with Crippen LogP contribution in [0.1, 0.15) is 50.4 Å². The number of ether oxygens (including phenoxy) is 1. The molecule has 3 rings (SSSR count). The van der Waals surface area contributed by atoms with Crippen LogP contribution in [0.4, 0.5) is 0 Å². The van der Waals surface area contributed by atoms with E-state index in [-0.39, 0.29) is 29.8 Å². The number of carbonyl (C=O) groups excluding carboxylic acids is 2. The largest absolute Gasteiger partial charge is 0.383 e. The molecule has 1 heterocycles. The average molecular weight is 440 g/mol. The number of rotatable bonds is 10. The van der Waals surface area contributed by atoms with E-state index in [1.165, 1.54) is 11.1 Å². The van der Waals surface area contributed by atoms with Crippen molar-refractivity contribution in [1.29, 1.82) is 0 Å². The summed E-state index contributed by atoms with van der Waals surface area (Å²) in [5.41, 5.74) is 3.17. The lowest BCUT2D eigenvalue weighted by atomic mass is 10.1. The Balaban J connectivity index is 1.75. The molecule has 2 aromatic rings. The van der Waals surface area contributed by atoms with E-state index in [1.54, 1.807) is 12.0 Å². The fourth-order valence-electron chi connectivity index (χ4n) is 3.92. The Kier molecular flexibility index (Phi) is 7.77. The van der Waals surface area contributed by atoms with Crippen molar-refractivity contribution in [3.05, 3.63) is 59.4 Å². The molecule has 1 aliphatic rings. The van der Waals surface area contributed by atoms with Gasteiger partial charge in [-0.2, -0.15) is 0 Å². The Morgan fingerprint density at radius 3 is 2.53 bits per heavy atom. The van der Waals surface area contributed by atoms with Crippen LogP contribution >= 0.6 is 0 Å². The molecule has 1 aromatic heterocycles. The van der Waals surface area contributed by atoms with E-state index in [0.717, 1.165) is 25.1 Å². The second-order valence-electron chi connectivity index (χ2n) is 9.79. The number of aromatic nitrogens is 1. The Hall–Kier alpha value is -2.60. The molecule has 174 valence electrons. The van der Waals surface area contributed by atoms with Gasteiger partial charge in [0.1, 0.15) is 0 Å². The molecule has 2 amide bonds. The molecule has 0 N–H and O–H groups in total. The van der Waals surface area contributed by atoms with Gasteiger partial charge >= 0.3 is 0 Å². The minimum absolute atomic E-state index is 0.0362. The van der Waals surface area contributed by atoms with Crippen molar-refractivity contribution in [2.45, 2.75) is 59.2 Å². The third kappa shape index (κ3) is 6.45. The monoisotopic (exact) mass is 439 g/mol. The summed E-state index contributed by atoms with van der Waals surface area (Å²) in [6.45, 7) is 10.4. The Morgan fingerprint density at radius 2 is 1.91 bits per heavy atom. The summed E-state index contributed by atoms with van der Waals surface area (Å²) in [7, 11) is 1.62. The van der Waals surface area contributed by atoms with Crippen molar-refractivity contribution in [2.24, 2.45) is 5.92 Å². The number of hydrogen-bond acceptors (Lipinski definition) is 3. The third-order valence-corrected chi connectivity index (χ3v) is 5.92. The van der Waals surface area contributed by atoms with E-state index < -0.39 is 0 Å². The summed E-state index contributed by atoms with van der Waals surface area (Å²) in [6, 6.07) is 12.6. The summed E-state index contributed by atoms with van der Waals surface area (Å²) in [4.78, 5) is 29.7. The molecule has 1 aliphatic carbocycles. The molecule has 0 spiro atoms. The van der Waals surface area contributed by atoms with Crippen LogP contribution in [0, 0.1) is 12.8 Å². The molecular formula is C26H37N3O3. The van der Waals surface area contributed by atoms with E-state index in [1.807, 2.05) is 31.7 Å². The summed E-state index contributed by atoms with van der Waals surface area (Å²) in [5, 5.41) is 0. The molecular weight excluding hydrogens is 402 g/mol. The molecule has 6 nitrogen and oxygen atoms in total. The predicted octanol–water partition coefficient (Wildman–Crippen LogP) is 3.86. The summed E-state index contributed by atoms with van der Waals surface area (Å²) < 4.78 is 7.37. The zero-order valence-corrected chi connectivity index (χ0v) is 20.1. The lowest BCUT2D eigenvalue weighted by Crippen LogP contribution is -2.51. The second kappa shape index (κ2) is 10.3. The van der Waals surface area contributed by atoms with Crippen LogP contribution in [0.25, 0.3) is 0 Å². The molecule has 0 bridgehead atoms. The van der Waals surface area contributed by atoms with Crippen molar-refractivity contribution in [2.75, 3.05) is 26.8 Å². The number of aryl methyl sites for hydroxylation is 1. The highest BCUT2D eigenvalue weighted by atomic mass is 16.5. The van der Waals surface area contributed by atoms with Gasteiger partial charge in [-0.15, -0.1) is 0 Å². The van der Waals surface area contributed by atoms with E-state index in [4.69, 9.17) is 4.74 Å². The molecule has 0 radical (unpaired) electrons. The molecule has 0 aliphatic heterocycles. The highest BCUT2D eigenvalue weighted by Crippen LogP contribution is 2.31. The molecule has 32 heavy (non-hydrogen) atoms. The van der Waals surface area contributed by atoms with Crippen LogP contribution in [0.15, 0.2) is 42.6 Å². The van der Waals surface area contributed by atoms with Crippen molar-refractivity contribution >= 4 is 11.8 Å². The van der Waals surface area contributed by atoms with Gasteiger partial charge in [0.2, 0.25) is 11.8 Å². The number of methoxy groups -OCH3 is 1. The maximum absolute atomic E-state index is 13.4. The fraction of sp³-hybridized carbons (Fsp3) is 0.538. The molecule has 0 unspecified atom stereocenters. The van der Waals surface area contributed by atoms with Gasteiger partial charge in [-0.25, -0.2) is 0 Å². The van der Waals surface area contributed by atoms with Gasteiger partial charge in [0, 0.05) is 43.5 Å². The Bertz CT molecular complexity index is 924. The summed E-state index contributed by atoms with van der Waals surface area (Å²) in [6.07, 6.45) is 3.91. The Morgan fingerprint density at radius 1 is 1.16 bits per heavy atom. The molecule has 0 saturated heterocycles. The first-order valence-corrected chi connectivity index (χ1v) is 11.5. The van der Waals surface area contributed by atoms with Crippen molar-refractivity contribution < 1.29 is 14.3 Å². The number of nitrogens with zero attached hydrogens (tertiary/aromatic N) is 3. The van der Waals surface area contributed by atoms with Crippen LogP contribution in [-0.4, -0.2) is 58.5 Å². The first kappa shape index (κ1) is 24.1. The van der Waals surface area contributed by atoms with Crippen LogP contribution < -0.4 is 0 Å². The van der Waals surface area contributed by atoms with Crippen LogP contribution in [0.2, 0.25) is 0 Å². The van der Waals surface area contributed by atoms with Crippen LogP contribution in [0.3, 0.4) is 0 Å². The molecule has 1 aromatic carbocycles. The van der Waals surface area contributed by atoms with Gasteiger partial charge in [0.05, 0.1) is 19.7 Å². The molecule has 1 fully saturated rings. The number of amides is 2. The SMILES string of the molecule is COCCN(CC(=O)N(Cc1cccn1Cc1cccc(C)c1)C(C)(C)C)C(=O)C1CC1. The van der Waals surface area contributed by atoms with Gasteiger partial charge in [0.15, 0.2) is 0 Å². The van der Waals surface area contributed by atoms with Crippen LogP contribution in [-0.2, 0) is 27.4 Å². The topological polar surface area (TPSA) is 54.8 Å². The standard InChI is InChI=1S/C26H37N3O3/c1-20-8-6-9-21(16-20)17-27-13-7-10-23(27)18-29(26(2,3)4)24(30)19-28(14-15-32-5)25(31)22-11-12-22/h6-10,13,16,22H,11-12,14-15,17-19H2,1-5H3. The quantitative estimate of drug-likeness (QED) is 0.565. The van der Waals surface area contributed by atoms with Crippen LogP contribution in [0.5, 0.6) is 0 Å². The van der Waals surface area contributed by atoms with E-state index in [0.29, 0.717) is 19.7 Å². The van der Waals surface area contributed by atoms with E-state index >= 15 is 0 Å². The maximum Gasteiger partial charge on any atom is 0.242 e. The lowest BCUT2D eigenvalue weighted by molar-refractivity contribution is -0.145. The van der Waals surface area contributed by atoms with Crippen molar-refractivity contribution in [1.82, 2.24) is 14.4 Å². The van der Waals surface area contributed by atoms with Gasteiger partial charge in [-0.3, -0.25) is 9.59 Å². The first-order valence-electron chi connectivity index (χ1n) is 11.5. The highest BCUT2D eigenvalue weighted by Gasteiger charge is 2.36. The van der Waals surface area contributed by atoms with Crippen molar-refractivity contribution in [3.8, 4) is 0 Å². The van der Waals surface area contributed by atoms with Gasteiger partial charge in [0.25, 0.3) is 0 Å². The number of carbonyl (C=O) groups is 2. The molecule has 1 saturated carbocycles. The smallest absolute Gasteiger partial charge is 0.242 e. The van der Waals surface area contributed by atoms with Gasteiger partial charge in [-0.1, -0.05) is 29.8 Å². The number of hydrogen-bond donors (Lipinski definition) is 0. The number of benzene rings is 1. The fourth-order valence-corrected chi connectivity index (χ4v) is 3.92. The average Bonchev–Trinajstić information content (AvgIpc) is 3.48. The van der Waals surface area contributed by atoms with Crippen molar-refractivity contribution in [3.63, 3.8) is 0 Å². The van der Waals surface area contributed by atoms with Gasteiger partial charge in [-0.05, 0) is 58.2 Å². The minimum Gasteiger partial charge on any atom is -0.383 e. The Labute approximate surface area is 192 Å². The third-order valence-electron chi connectivity index (χ3n) is 5.92. The summed E-state index contributed by atoms with van der Waals surface area (Å²) >= 11 is 0. The summed E-state index contributed by atoms with van der Waals surface area (Å²) in [5.74, 6) is 0.118. The van der Waals surface area contributed by atoms with E-state index in [9.17, 15) is 9.59 Å². The predicted molar refractivity (Wildman–Crippen MR) is 126 cm³/mol. The normalized spacial score (nSPS) is 13.8. The first-order chi connectivity index (χ1) is 15.2. The highest BCUT2D eigenvalue weighted by molar-refractivity contribution is 5.87. The minimum atomic E-state index is -0.370. The molecule has 0 atom stereocenters. The van der Waals surface area contributed by atoms with Gasteiger partial charge < -0.3 is 19.1 Å². The zero-order valence-electron chi connectivity index (χ0n) is 20.1. The zero-order chi connectivity index (χ0) is 23.3. The van der Waals surface area contributed by atoms with E-state index in [2.05, 4.69) is 48.0 Å². The molecule has 6 heteroatoms. The maximum atomic E-state index is 13.4.